The van der Waals surface area contributed by atoms with Crippen LogP contribution in [0.15, 0.2) is 43.1 Å². The molecule has 1 aliphatic carbocycles. The topological polar surface area (TPSA) is 121 Å². The highest BCUT2D eigenvalue weighted by molar-refractivity contribution is 5.74. The normalized spacial score (nSPS) is 13.3. The second-order valence-corrected chi connectivity index (χ2v) is 8.18. The van der Waals surface area contributed by atoms with Crippen LogP contribution in [-0.4, -0.2) is 67.6 Å². The fraction of sp³-hybridized carbons (Fsp3) is 0.318. The van der Waals surface area contributed by atoms with E-state index in [1.165, 1.54) is 12.5 Å². The van der Waals surface area contributed by atoms with Gasteiger partial charge in [-0.2, -0.15) is 14.9 Å². The molecule has 0 unspecified atom stereocenters. The van der Waals surface area contributed by atoms with Crippen molar-refractivity contribution in [2.45, 2.75) is 18.9 Å². The van der Waals surface area contributed by atoms with Crippen molar-refractivity contribution in [2.24, 2.45) is 0 Å². The molecule has 0 atom stereocenters. The van der Waals surface area contributed by atoms with E-state index in [0.717, 1.165) is 36.4 Å². The molecule has 0 amide bonds. The summed E-state index contributed by atoms with van der Waals surface area (Å²) < 4.78 is 9.21. The third-order valence-corrected chi connectivity index (χ3v) is 5.17. The van der Waals surface area contributed by atoms with E-state index >= 15 is 0 Å². The van der Waals surface area contributed by atoms with Gasteiger partial charge < -0.3 is 20.3 Å². The molecule has 0 bridgehead atoms. The van der Waals surface area contributed by atoms with Gasteiger partial charge in [0, 0.05) is 36.5 Å². The number of rotatable bonds is 9. The molecule has 0 spiro atoms. The summed E-state index contributed by atoms with van der Waals surface area (Å²) in [4.78, 5) is 10.5. The summed E-state index contributed by atoms with van der Waals surface area (Å²) >= 11 is 0. The van der Waals surface area contributed by atoms with Gasteiger partial charge >= 0.3 is 0 Å². The lowest BCUT2D eigenvalue weighted by atomic mass is 10.2. The zero-order valence-electron chi connectivity index (χ0n) is 18.4. The Hall–Kier alpha value is -4.17. The van der Waals surface area contributed by atoms with Crippen LogP contribution in [0.3, 0.4) is 0 Å². The number of hydrogen-bond acceptors (Lipinski definition) is 9. The van der Waals surface area contributed by atoms with E-state index in [1.54, 1.807) is 15.5 Å². The molecule has 1 fully saturated rings. The van der Waals surface area contributed by atoms with Gasteiger partial charge in [-0.15, -0.1) is 5.10 Å². The quantitative estimate of drug-likeness (QED) is 0.401. The predicted molar refractivity (Wildman–Crippen MR) is 123 cm³/mol. The van der Waals surface area contributed by atoms with E-state index < -0.39 is 0 Å². The summed E-state index contributed by atoms with van der Waals surface area (Å²) in [5, 5.41) is 25.1. The van der Waals surface area contributed by atoms with Crippen LogP contribution in [-0.2, 0) is 0 Å². The minimum atomic E-state index is 0.372. The lowest BCUT2D eigenvalue weighted by Crippen LogP contribution is -2.19. The van der Waals surface area contributed by atoms with Gasteiger partial charge in [-0.05, 0) is 33.0 Å². The first-order valence-electron chi connectivity index (χ1n) is 10.7. The second-order valence-electron chi connectivity index (χ2n) is 8.18. The van der Waals surface area contributed by atoms with Crippen LogP contribution in [0.25, 0.3) is 11.3 Å². The average Bonchev–Trinajstić information content (AvgIpc) is 3.26. The second kappa shape index (κ2) is 8.76. The van der Waals surface area contributed by atoms with Crippen molar-refractivity contribution in [3.8, 4) is 17.5 Å². The Labute approximate surface area is 190 Å². The molecule has 2 N–H and O–H groups in total. The number of ether oxygens (including phenoxy) is 1. The first kappa shape index (κ1) is 20.7. The lowest BCUT2D eigenvalue weighted by Gasteiger charge is -2.15. The molecule has 11 heteroatoms. The van der Waals surface area contributed by atoms with Crippen molar-refractivity contribution in [2.75, 3.05) is 37.9 Å². The summed E-state index contributed by atoms with van der Waals surface area (Å²) in [5.41, 5.74) is 3.41. The number of aromatic nitrogens is 6. The number of nitrogens with one attached hydrogen (secondary N) is 2. The van der Waals surface area contributed by atoms with E-state index in [9.17, 15) is 5.26 Å². The average molecular weight is 445 g/mol. The third kappa shape index (κ3) is 4.70. The number of hydrogen-bond donors (Lipinski definition) is 2. The van der Waals surface area contributed by atoms with Gasteiger partial charge in [0.25, 0.3) is 0 Å². The van der Waals surface area contributed by atoms with Crippen molar-refractivity contribution in [1.29, 1.82) is 5.26 Å². The lowest BCUT2D eigenvalue weighted by molar-refractivity contribution is 0.261. The monoisotopic (exact) mass is 444 g/mol. The molecule has 0 radical (unpaired) electrons. The van der Waals surface area contributed by atoms with Gasteiger partial charge in [0.05, 0.1) is 17.6 Å². The van der Waals surface area contributed by atoms with Crippen molar-refractivity contribution in [3.05, 3.63) is 48.8 Å². The molecule has 3 aromatic heterocycles. The fourth-order valence-electron chi connectivity index (χ4n) is 3.37. The van der Waals surface area contributed by atoms with Crippen LogP contribution >= 0.6 is 0 Å². The highest BCUT2D eigenvalue weighted by atomic mass is 16.5. The Morgan fingerprint density at radius 2 is 2.12 bits per heavy atom. The number of nitriles is 1. The Balaban J connectivity index is 1.49. The molecular weight excluding hydrogens is 420 g/mol. The predicted octanol–water partition coefficient (Wildman–Crippen LogP) is 2.44. The molecule has 1 aromatic carbocycles. The Kier molecular flexibility index (Phi) is 5.50. The third-order valence-electron chi connectivity index (χ3n) is 5.17. The van der Waals surface area contributed by atoms with Crippen LogP contribution in [0.1, 0.15) is 18.5 Å². The maximum Gasteiger partial charge on any atom is 0.178 e. The van der Waals surface area contributed by atoms with Gasteiger partial charge in [0.1, 0.15) is 31.1 Å². The zero-order chi connectivity index (χ0) is 22.8. The largest absolute Gasteiger partial charge is 0.492 e. The molecule has 0 saturated heterocycles. The summed E-state index contributed by atoms with van der Waals surface area (Å²) in [6, 6.07) is 10.2. The SMILES string of the molecule is CN(C)CCOc1cc(Nc2cc(NC3CC3)c3ncc(C#N)n3n2)cc(-n2cncn2)c1. The molecule has 1 aliphatic rings. The van der Waals surface area contributed by atoms with E-state index in [1.807, 2.05) is 38.4 Å². The minimum Gasteiger partial charge on any atom is -0.492 e. The first-order chi connectivity index (χ1) is 16.1. The molecule has 3 heterocycles. The van der Waals surface area contributed by atoms with Crippen molar-refractivity contribution in [3.63, 3.8) is 0 Å². The molecule has 11 nitrogen and oxygen atoms in total. The molecule has 33 heavy (non-hydrogen) atoms. The highest BCUT2D eigenvalue weighted by Gasteiger charge is 2.23. The number of nitrogens with zero attached hydrogens (tertiary/aromatic N) is 8. The summed E-state index contributed by atoms with van der Waals surface area (Å²) in [6.45, 7) is 1.34. The zero-order valence-corrected chi connectivity index (χ0v) is 18.4. The van der Waals surface area contributed by atoms with E-state index in [2.05, 4.69) is 41.8 Å². The summed E-state index contributed by atoms with van der Waals surface area (Å²) in [7, 11) is 4.01. The van der Waals surface area contributed by atoms with Crippen molar-refractivity contribution in [1.82, 2.24) is 34.3 Å². The molecular formula is C22H24N10O. The maximum atomic E-state index is 9.46. The highest BCUT2D eigenvalue weighted by Crippen LogP contribution is 2.30. The number of imidazole rings is 1. The summed E-state index contributed by atoms with van der Waals surface area (Å²) in [6.07, 6.45) is 6.90. The Bertz CT molecular complexity index is 1300. The fourth-order valence-corrected chi connectivity index (χ4v) is 3.37. The van der Waals surface area contributed by atoms with Crippen LogP contribution in [0.4, 0.5) is 17.2 Å². The minimum absolute atomic E-state index is 0.372. The van der Waals surface area contributed by atoms with Gasteiger partial charge in [0.2, 0.25) is 0 Å². The Morgan fingerprint density at radius 3 is 2.85 bits per heavy atom. The van der Waals surface area contributed by atoms with Gasteiger partial charge in [0.15, 0.2) is 17.2 Å². The molecule has 168 valence electrons. The van der Waals surface area contributed by atoms with Gasteiger partial charge in [-0.1, -0.05) is 0 Å². The van der Waals surface area contributed by atoms with Crippen LogP contribution in [0.5, 0.6) is 5.75 Å². The van der Waals surface area contributed by atoms with Crippen LogP contribution < -0.4 is 15.4 Å². The molecule has 1 saturated carbocycles. The molecule has 4 aromatic rings. The molecule has 0 aliphatic heterocycles. The van der Waals surface area contributed by atoms with Gasteiger partial charge in [-0.25, -0.2) is 14.6 Å². The first-order valence-corrected chi connectivity index (χ1v) is 10.7. The van der Waals surface area contributed by atoms with Gasteiger partial charge in [-0.3, -0.25) is 0 Å². The van der Waals surface area contributed by atoms with E-state index in [0.29, 0.717) is 35.6 Å². The van der Waals surface area contributed by atoms with Crippen LogP contribution in [0, 0.1) is 11.3 Å². The number of fused-ring (bicyclic) bond motifs is 1. The Morgan fingerprint density at radius 1 is 1.24 bits per heavy atom. The standard InChI is InChI=1S/C22H24N10O/c1-30(2)5-6-33-19-8-16(7-17(9-19)31-14-24-13-26-31)28-21-10-20(27-15-3-4-15)22-25-12-18(11-23)32(22)29-21/h7-10,12-15,27H,3-6H2,1-2H3,(H,28,29). The smallest absolute Gasteiger partial charge is 0.178 e. The number of benzene rings is 1. The maximum absolute atomic E-state index is 9.46. The molecule has 5 rings (SSSR count). The summed E-state index contributed by atoms with van der Waals surface area (Å²) in [5.74, 6) is 1.28. The van der Waals surface area contributed by atoms with E-state index in [-0.39, 0.29) is 0 Å². The number of anilines is 3. The van der Waals surface area contributed by atoms with Crippen molar-refractivity contribution < 1.29 is 4.74 Å². The number of likely N-dealkylation sites (N-methyl/N-ethyl adjacent to an activating group) is 1. The van der Waals surface area contributed by atoms with Crippen LogP contribution in [0.2, 0.25) is 0 Å². The van der Waals surface area contributed by atoms with E-state index in [4.69, 9.17) is 4.74 Å². The van der Waals surface area contributed by atoms with Crippen molar-refractivity contribution >= 4 is 22.8 Å².